The van der Waals surface area contributed by atoms with Crippen molar-refractivity contribution in [1.82, 2.24) is 19.7 Å². The number of phenolic OH excluding ortho intramolecular Hbond substituents is 1. The van der Waals surface area contributed by atoms with E-state index in [1.807, 2.05) is 29.8 Å². The van der Waals surface area contributed by atoms with Crippen LogP contribution in [-0.2, 0) is 7.05 Å². The number of fused-ring (bicyclic) bond motifs is 3. The average Bonchev–Trinajstić information content (AvgIpc) is 2.94. The van der Waals surface area contributed by atoms with Crippen molar-refractivity contribution < 1.29 is 10.0 Å². The largest absolute Gasteiger partial charge is 0.502 e. The van der Waals surface area contributed by atoms with Crippen molar-refractivity contribution in [2.24, 2.45) is 12.1 Å². The molecule has 0 amide bonds. The van der Waals surface area contributed by atoms with Gasteiger partial charge in [0.05, 0.1) is 16.7 Å². The van der Waals surface area contributed by atoms with Gasteiger partial charge in [0.2, 0.25) is 0 Å². The molecule has 0 aliphatic heterocycles. The predicted molar refractivity (Wildman–Crippen MR) is 107 cm³/mol. The van der Waals surface area contributed by atoms with Crippen LogP contribution in [0.25, 0.3) is 22.1 Å². The topological polar surface area (TPSA) is 131 Å². The molecule has 11 heteroatoms. The van der Waals surface area contributed by atoms with Crippen molar-refractivity contribution in [2.75, 3.05) is 5.43 Å². The predicted octanol–water partition coefficient (Wildman–Crippen LogP) is 3.34. The standard InChI is InChI=1S/C17H12BrN7O3/c1-24-12-4-3-10(18)7-11(12)15-16(24)20-17(23-21-15)22-19-8-9-2-5-14(26)13(6-9)25(27)28/h2-8,26H,1H3,(H,20,22,23)/b19-8+. The van der Waals surface area contributed by atoms with Gasteiger partial charge in [-0.2, -0.15) is 10.1 Å². The number of aryl methyl sites for hydroxylation is 1. The highest BCUT2D eigenvalue weighted by Gasteiger charge is 2.14. The number of nitro benzene ring substituents is 1. The molecule has 0 aliphatic carbocycles. The number of hydrogen-bond acceptors (Lipinski definition) is 8. The van der Waals surface area contributed by atoms with E-state index < -0.39 is 16.4 Å². The Bertz CT molecular complexity index is 1270. The van der Waals surface area contributed by atoms with Crippen molar-refractivity contribution in [3.8, 4) is 5.75 Å². The van der Waals surface area contributed by atoms with Gasteiger partial charge in [0.1, 0.15) is 5.52 Å². The van der Waals surface area contributed by atoms with E-state index in [9.17, 15) is 15.2 Å². The highest BCUT2D eigenvalue weighted by atomic mass is 79.9. The highest BCUT2D eigenvalue weighted by Crippen LogP contribution is 2.28. The van der Waals surface area contributed by atoms with Gasteiger partial charge in [-0.1, -0.05) is 15.9 Å². The summed E-state index contributed by atoms with van der Waals surface area (Å²) in [5, 5.41) is 33.5. The summed E-state index contributed by atoms with van der Waals surface area (Å²) in [6, 6.07) is 9.80. The molecular formula is C17H12BrN7O3. The molecule has 28 heavy (non-hydrogen) atoms. The zero-order valence-corrected chi connectivity index (χ0v) is 16.0. The Kier molecular flexibility index (Phi) is 4.35. The van der Waals surface area contributed by atoms with Crippen molar-refractivity contribution in [3.05, 3.63) is 56.5 Å². The number of hydrogen-bond donors (Lipinski definition) is 2. The number of nitrogens with zero attached hydrogens (tertiary/aromatic N) is 6. The fraction of sp³-hybridized carbons (Fsp3) is 0.0588. The number of benzene rings is 2. The Balaban J connectivity index is 1.63. The SMILES string of the molecule is Cn1c2ccc(Br)cc2c2nnc(N/N=C/c3ccc(O)c([N+](=O)[O-])c3)nc21. The number of phenols is 1. The summed E-state index contributed by atoms with van der Waals surface area (Å²) in [6.45, 7) is 0. The third kappa shape index (κ3) is 3.11. The van der Waals surface area contributed by atoms with Gasteiger partial charge in [-0.15, -0.1) is 10.2 Å². The number of halogens is 1. The number of nitrogens with one attached hydrogen (secondary N) is 1. The lowest BCUT2D eigenvalue weighted by atomic mass is 10.2. The second-order valence-corrected chi connectivity index (χ2v) is 6.82. The molecule has 0 fully saturated rings. The molecular weight excluding hydrogens is 430 g/mol. The van der Waals surface area contributed by atoms with Crippen LogP contribution in [-0.4, -0.2) is 36.0 Å². The molecule has 2 N–H and O–H groups in total. The number of aromatic nitrogens is 4. The minimum Gasteiger partial charge on any atom is -0.502 e. The van der Waals surface area contributed by atoms with Gasteiger partial charge in [-0.05, 0) is 30.3 Å². The Morgan fingerprint density at radius 2 is 2.11 bits per heavy atom. The molecule has 4 aromatic rings. The van der Waals surface area contributed by atoms with Gasteiger partial charge in [-0.3, -0.25) is 10.1 Å². The van der Waals surface area contributed by atoms with E-state index in [-0.39, 0.29) is 5.95 Å². The molecule has 0 unspecified atom stereocenters. The van der Waals surface area contributed by atoms with Crippen LogP contribution in [0.2, 0.25) is 0 Å². The molecule has 140 valence electrons. The summed E-state index contributed by atoms with van der Waals surface area (Å²) in [6.07, 6.45) is 1.36. The Labute approximate surface area is 165 Å². The zero-order chi connectivity index (χ0) is 19.8. The molecule has 0 bridgehead atoms. The minimum absolute atomic E-state index is 0.182. The lowest BCUT2D eigenvalue weighted by molar-refractivity contribution is -0.385. The first-order chi connectivity index (χ1) is 13.4. The normalized spacial score (nSPS) is 11.5. The first-order valence-corrected chi connectivity index (χ1v) is 8.78. The second-order valence-electron chi connectivity index (χ2n) is 5.90. The quantitative estimate of drug-likeness (QED) is 0.282. The molecule has 2 heterocycles. The summed E-state index contributed by atoms with van der Waals surface area (Å²) in [4.78, 5) is 14.6. The molecule has 4 rings (SSSR count). The van der Waals surface area contributed by atoms with Crippen LogP contribution in [0.4, 0.5) is 11.6 Å². The van der Waals surface area contributed by atoms with Crippen molar-refractivity contribution in [2.45, 2.75) is 0 Å². The van der Waals surface area contributed by atoms with Crippen LogP contribution in [0, 0.1) is 10.1 Å². The van der Waals surface area contributed by atoms with E-state index in [0.29, 0.717) is 16.7 Å². The first-order valence-electron chi connectivity index (χ1n) is 7.99. The fourth-order valence-corrected chi connectivity index (χ4v) is 3.17. The first kappa shape index (κ1) is 17.8. The molecule has 0 aliphatic rings. The van der Waals surface area contributed by atoms with Crippen LogP contribution in [0.15, 0.2) is 46.0 Å². The van der Waals surface area contributed by atoms with E-state index >= 15 is 0 Å². The van der Waals surface area contributed by atoms with Gasteiger partial charge in [0.15, 0.2) is 11.4 Å². The van der Waals surface area contributed by atoms with Crippen LogP contribution in [0.5, 0.6) is 5.75 Å². The molecule has 0 spiro atoms. The van der Waals surface area contributed by atoms with E-state index in [0.717, 1.165) is 15.4 Å². The molecule has 2 aromatic heterocycles. The van der Waals surface area contributed by atoms with Crippen LogP contribution < -0.4 is 5.43 Å². The van der Waals surface area contributed by atoms with Gasteiger partial charge < -0.3 is 9.67 Å². The highest BCUT2D eigenvalue weighted by molar-refractivity contribution is 9.10. The Morgan fingerprint density at radius 1 is 1.29 bits per heavy atom. The van der Waals surface area contributed by atoms with Crippen molar-refractivity contribution in [3.63, 3.8) is 0 Å². The summed E-state index contributed by atoms with van der Waals surface area (Å²) in [7, 11) is 1.88. The molecule has 2 aromatic carbocycles. The lowest BCUT2D eigenvalue weighted by Gasteiger charge is -2.00. The maximum absolute atomic E-state index is 10.9. The average molecular weight is 442 g/mol. The van der Waals surface area contributed by atoms with Gasteiger partial charge in [-0.25, -0.2) is 5.43 Å². The van der Waals surface area contributed by atoms with Crippen LogP contribution >= 0.6 is 15.9 Å². The number of rotatable bonds is 4. The van der Waals surface area contributed by atoms with Crippen LogP contribution in [0.3, 0.4) is 0 Å². The Morgan fingerprint density at radius 3 is 2.89 bits per heavy atom. The third-order valence-corrected chi connectivity index (χ3v) is 4.63. The molecule has 10 nitrogen and oxygen atoms in total. The summed E-state index contributed by atoms with van der Waals surface area (Å²) in [5.74, 6) is -0.225. The van der Waals surface area contributed by atoms with Crippen molar-refractivity contribution in [1.29, 1.82) is 0 Å². The minimum atomic E-state index is -0.667. The third-order valence-electron chi connectivity index (χ3n) is 4.14. The van der Waals surface area contributed by atoms with E-state index in [2.05, 4.69) is 41.6 Å². The van der Waals surface area contributed by atoms with Gasteiger partial charge in [0, 0.05) is 28.5 Å². The van der Waals surface area contributed by atoms with Crippen LogP contribution in [0.1, 0.15) is 5.56 Å². The maximum Gasteiger partial charge on any atom is 0.311 e. The number of aromatic hydroxyl groups is 1. The van der Waals surface area contributed by atoms with E-state index in [1.54, 1.807) is 0 Å². The maximum atomic E-state index is 10.9. The van der Waals surface area contributed by atoms with E-state index in [1.165, 1.54) is 24.4 Å². The summed E-state index contributed by atoms with van der Waals surface area (Å²) in [5.41, 5.74) is 4.97. The van der Waals surface area contributed by atoms with Gasteiger partial charge >= 0.3 is 5.69 Å². The molecule has 0 atom stereocenters. The summed E-state index contributed by atoms with van der Waals surface area (Å²) >= 11 is 3.45. The lowest BCUT2D eigenvalue weighted by Crippen LogP contribution is -2.01. The fourth-order valence-electron chi connectivity index (χ4n) is 2.81. The molecule has 0 saturated heterocycles. The Hall–Kier alpha value is -3.60. The number of hydrazone groups is 1. The summed E-state index contributed by atoms with van der Waals surface area (Å²) < 4.78 is 2.84. The monoisotopic (exact) mass is 441 g/mol. The second kappa shape index (κ2) is 6.85. The van der Waals surface area contributed by atoms with Gasteiger partial charge in [0.25, 0.3) is 5.95 Å². The molecule has 0 saturated carbocycles. The van der Waals surface area contributed by atoms with E-state index in [4.69, 9.17) is 0 Å². The number of anilines is 1. The molecule has 0 radical (unpaired) electrons. The van der Waals surface area contributed by atoms with Crippen molar-refractivity contribution >= 4 is 55.8 Å². The smallest absolute Gasteiger partial charge is 0.311 e. The number of nitro groups is 1. The zero-order valence-electron chi connectivity index (χ0n) is 14.4.